The first-order chi connectivity index (χ1) is 14.1. The molecule has 7 nitrogen and oxygen atoms in total. The number of fused-ring (bicyclic) bond motifs is 1. The van der Waals surface area contributed by atoms with Crippen molar-refractivity contribution in [2.24, 2.45) is 0 Å². The molecule has 4 rings (SSSR count). The smallest absolute Gasteiger partial charge is 0.257 e. The number of amides is 1. The van der Waals surface area contributed by atoms with Gasteiger partial charge in [-0.3, -0.25) is 4.79 Å². The molecule has 9 heteroatoms. The number of morpholine rings is 1. The van der Waals surface area contributed by atoms with Crippen molar-refractivity contribution in [3.8, 4) is 5.75 Å². The van der Waals surface area contributed by atoms with Gasteiger partial charge in [0.15, 0.2) is 5.65 Å². The number of aryl methyl sites for hydroxylation is 1. The number of hydrogen-bond donors (Lipinski definition) is 1. The second-order valence-corrected chi connectivity index (χ2v) is 7.16. The number of halogens is 2. The van der Waals surface area contributed by atoms with E-state index in [1.165, 1.54) is 0 Å². The Morgan fingerprint density at radius 1 is 1.23 bits per heavy atom. The van der Waals surface area contributed by atoms with Gasteiger partial charge in [-0.15, -0.1) is 12.4 Å². The standard InChI is InChI=1S/C21H21ClN4O3.ClH/c1-13-3-5-15-19(25-14-4-6-18(28-2)17(22)11-14)16(12-23-20(15)24-13)21(27)26-7-9-29-10-8-26;/h3-6,11-12H,7-10H2,1-2H3,(H,23,24,25);1H. The molecule has 0 atom stereocenters. The number of carbonyl (C=O) groups is 1. The Bertz CT molecular complexity index is 1070. The van der Waals surface area contributed by atoms with E-state index in [0.717, 1.165) is 16.8 Å². The zero-order valence-corrected chi connectivity index (χ0v) is 18.2. The van der Waals surface area contributed by atoms with Crippen LogP contribution in [-0.2, 0) is 4.74 Å². The van der Waals surface area contributed by atoms with Crippen LogP contribution in [0.15, 0.2) is 36.5 Å². The molecule has 1 amide bonds. The van der Waals surface area contributed by atoms with Crippen molar-refractivity contribution in [3.05, 3.63) is 52.8 Å². The van der Waals surface area contributed by atoms with Crippen LogP contribution >= 0.6 is 24.0 Å². The van der Waals surface area contributed by atoms with E-state index in [0.29, 0.717) is 54.0 Å². The number of hydrogen-bond acceptors (Lipinski definition) is 6. The molecule has 0 radical (unpaired) electrons. The maximum Gasteiger partial charge on any atom is 0.257 e. The number of benzene rings is 1. The van der Waals surface area contributed by atoms with E-state index in [2.05, 4.69) is 15.3 Å². The summed E-state index contributed by atoms with van der Waals surface area (Å²) >= 11 is 6.28. The van der Waals surface area contributed by atoms with E-state index in [1.54, 1.807) is 30.3 Å². The molecule has 0 spiro atoms. The van der Waals surface area contributed by atoms with E-state index in [4.69, 9.17) is 21.1 Å². The second kappa shape index (κ2) is 9.47. The fourth-order valence-corrected chi connectivity index (χ4v) is 3.55. The first kappa shape index (κ1) is 22.1. The summed E-state index contributed by atoms with van der Waals surface area (Å²) in [6.07, 6.45) is 1.58. The Morgan fingerprint density at radius 3 is 2.70 bits per heavy atom. The van der Waals surface area contributed by atoms with Gasteiger partial charge >= 0.3 is 0 Å². The zero-order valence-electron chi connectivity index (χ0n) is 16.6. The number of nitrogens with one attached hydrogen (secondary N) is 1. The lowest BCUT2D eigenvalue weighted by Gasteiger charge is -2.27. The topological polar surface area (TPSA) is 76.6 Å². The lowest BCUT2D eigenvalue weighted by molar-refractivity contribution is 0.0303. The van der Waals surface area contributed by atoms with Crippen LogP contribution in [0.3, 0.4) is 0 Å². The molecule has 0 saturated carbocycles. The highest BCUT2D eigenvalue weighted by Crippen LogP contribution is 2.33. The number of nitrogens with zero attached hydrogens (tertiary/aromatic N) is 3. The third kappa shape index (κ3) is 4.43. The number of methoxy groups -OCH3 is 1. The van der Waals surface area contributed by atoms with E-state index < -0.39 is 0 Å². The summed E-state index contributed by atoms with van der Waals surface area (Å²) in [5, 5.41) is 4.59. The van der Waals surface area contributed by atoms with Crippen LogP contribution in [0.5, 0.6) is 5.75 Å². The fraction of sp³-hybridized carbons (Fsp3) is 0.286. The molecule has 3 heterocycles. The largest absolute Gasteiger partial charge is 0.495 e. The predicted octanol–water partition coefficient (Wildman–Crippen LogP) is 4.24. The molecule has 1 N–H and O–H groups in total. The first-order valence-corrected chi connectivity index (χ1v) is 9.68. The Labute approximate surface area is 185 Å². The molecule has 2 aromatic heterocycles. The number of rotatable bonds is 4. The maximum absolute atomic E-state index is 13.2. The molecular weight excluding hydrogens is 427 g/mol. The summed E-state index contributed by atoms with van der Waals surface area (Å²) in [6.45, 7) is 4.08. The molecule has 3 aromatic rings. The summed E-state index contributed by atoms with van der Waals surface area (Å²) in [6, 6.07) is 9.21. The van der Waals surface area contributed by atoms with Crippen LogP contribution in [0, 0.1) is 6.92 Å². The van der Waals surface area contributed by atoms with E-state index in [-0.39, 0.29) is 18.3 Å². The summed E-state index contributed by atoms with van der Waals surface area (Å²) in [7, 11) is 1.57. The Balaban J connectivity index is 0.00000256. The summed E-state index contributed by atoms with van der Waals surface area (Å²) in [5.41, 5.74) is 3.30. The Hall–Kier alpha value is -2.61. The highest BCUT2D eigenvalue weighted by Gasteiger charge is 2.23. The van der Waals surface area contributed by atoms with Gasteiger partial charge in [-0.2, -0.15) is 0 Å². The summed E-state index contributed by atoms with van der Waals surface area (Å²) in [4.78, 5) is 23.9. The van der Waals surface area contributed by atoms with E-state index in [1.807, 2.05) is 25.1 Å². The average molecular weight is 449 g/mol. The quantitative estimate of drug-likeness (QED) is 0.642. The van der Waals surface area contributed by atoms with Crippen molar-refractivity contribution >= 4 is 52.3 Å². The van der Waals surface area contributed by atoms with Gasteiger partial charge in [-0.25, -0.2) is 9.97 Å². The van der Waals surface area contributed by atoms with Crippen LogP contribution in [-0.4, -0.2) is 54.2 Å². The number of pyridine rings is 2. The third-order valence-corrected chi connectivity index (χ3v) is 5.11. The monoisotopic (exact) mass is 448 g/mol. The summed E-state index contributed by atoms with van der Waals surface area (Å²) < 4.78 is 10.6. The van der Waals surface area contributed by atoms with Gasteiger partial charge in [-0.1, -0.05) is 11.6 Å². The number of carbonyl (C=O) groups excluding carboxylic acids is 1. The van der Waals surface area contributed by atoms with Crippen molar-refractivity contribution < 1.29 is 14.3 Å². The summed E-state index contributed by atoms with van der Waals surface area (Å²) in [5.74, 6) is 0.490. The molecule has 0 bridgehead atoms. The highest BCUT2D eigenvalue weighted by molar-refractivity contribution is 6.32. The van der Waals surface area contributed by atoms with Gasteiger partial charge in [-0.05, 0) is 37.3 Å². The molecule has 1 aliphatic rings. The van der Waals surface area contributed by atoms with Crippen LogP contribution in [0.4, 0.5) is 11.4 Å². The van der Waals surface area contributed by atoms with E-state index in [9.17, 15) is 4.79 Å². The number of aromatic nitrogens is 2. The zero-order chi connectivity index (χ0) is 20.4. The van der Waals surface area contributed by atoms with E-state index >= 15 is 0 Å². The minimum atomic E-state index is -0.0922. The van der Waals surface area contributed by atoms with Crippen molar-refractivity contribution in [1.82, 2.24) is 14.9 Å². The van der Waals surface area contributed by atoms with Gasteiger partial charge < -0.3 is 19.7 Å². The molecule has 1 saturated heterocycles. The Kier molecular flexibility index (Phi) is 6.97. The minimum absolute atomic E-state index is 0. The molecule has 0 unspecified atom stereocenters. The molecule has 1 aromatic carbocycles. The van der Waals surface area contributed by atoms with Crippen LogP contribution in [0.25, 0.3) is 11.0 Å². The number of ether oxygens (including phenoxy) is 2. The van der Waals surface area contributed by atoms with Crippen molar-refractivity contribution in [3.63, 3.8) is 0 Å². The minimum Gasteiger partial charge on any atom is -0.495 e. The van der Waals surface area contributed by atoms with Gasteiger partial charge in [0.2, 0.25) is 0 Å². The average Bonchev–Trinajstić information content (AvgIpc) is 2.74. The van der Waals surface area contributed by atoms with Crippen molar-refractivity contribution in [1.29, 1.82) is 0 Å². The predicted molar refractivity (Wildman–Crippen MR) is 120 cm³/mol. The first-order valence-electron chi connectivity index (χ1n) is 9.31. The Morgan fingerprint density at radius 2 is 2.00 bits per heavy atom. The van der Waals surface area contributed by atoms with Gasteiger partial charge in [0, 0.05) is 36.1 Å². The molecular formula is C21H22Cl2N4O3. The normalized spacial score (nSPS) is 13.6. The van der Waals surface area contributed by atoms with Crippen molar-refractivity contribution in [2.45, 2.75) is 6.92 Å². The SMILES string of the molecule is COc1ccc(Nc2c(C(=O)N3CCOCC3)cnc3nc(C)ccc23)cc1Cl.Cl. The lowest BCUT2D eigenvalue weighted by Crippen LogP contribution is -2.41. The highest BCUT2D eigenvalue weighted by atomic mass is 35.5. The van der Waals surface area contributed by atoms with Crippen LogP contribution < -0.4 is 10.1 Å². The van der Waals surface area contributed by atoms with Gasteiger partial charge in [0.1, 0.15) is 5.75 Å². The fourth-order valence-electron chi connectivity index (χ4n) is 3.29. The third-order valence-electron chi connectivity index (χ3n) is 4.82. The second-order valence-electron chi connectivity index (χ2n) is 6.75. The van der Waals surface area contributed by atoms with Gasteiger partial charge in [0.25, 0.3) is 5.91 Å². The molecule has 1 fully saturated rings. The number of anilines is 2. The maximum atomic E-state index is 13.2. The van der Waals surface area contributed by atoms with Crippen molar-refractivity contribution in [2.75, 3.05) is 38.7 Å². The molecule has 1 aliphatic heterocycles. The molecule has 30 heavy (non-hydrogen) atoms. The van der Waals surface area contributed by atoms with Crippen LogP contribution in [0.1, 0.15) is 16.1 Å². The molecule has 158 valence electrons. The lowest BCUT2D eigenvalue weighted by atomic mass is 10.1. The van der Waals surface area contributed by atoms with Crippen LogP contribution in [0.2, 0.25) is 5.02 Å². The molecule has 0 aliphatic carbocycles. The van der Waals surface area contributed by atoms with Gasteiger partial charge in [0.05, 0.1) is 36.6 Å².